The van der Waals surface area contributed by atoms with Gasteiger partial charge in [-0.1, -0.05) is 26.0 Å². The molecule has 0 saturated heterocycles. The van der Waals surface area contributed by atoms with E-state index in [1.165, 1.54) is 0 Å². The van der Waals surface area contributed by atoms with Crippen molar-refractivity contribution >= 4 is 0 Å². The molecule has 1 aromatic rings. The van der Waals surface area contributed by atoms with Crippen LogP contribution in [0.5, 0.6) is 0 Å². The first-order valence-corrected chi connectivity index (χ1v) is 6.65. The van der Waals surface area contributed by atoms with E-state index < -0.39 is 11.6 Å². The summed E-state index contributed by atoms with van der Waals surface area (Å²) in [5.74, 6) is -1.39. The Kier molecular flexibility index (Phi) is 5.73. The molecular formula is C15H23F2N. The van der Waals surface area contributed by atoms with Crippen molar-refractivity contribution in [1.29, 1.82) is 0 Å². The summed E-state index contributed by atoms with van der Waals surface area (Å²) in [7, 11) is 0. The first-order valence-electron chi connectivity index (χ1n) is 6.65. The van der Waals surface area contributed by atoms with E-state index >= 15 is 0 Å². The van der Waals surface area contributed by atoms with Crippen molar-refractivity contribution < 1.29 is 8.78 Å². The Morgan fingerprint density at radius 3 is 2.44 bits per heavy atom. The minimum Gasteiger partial charge on any atom is -0.314 e. The normalized spacial score (nSPS) is 14.6. The number of hydrogen-bond acceptors (Lipinski definition) is 1. The van der Waals surface area contributed by atoms with Gasteiger partial charge in [0.15, 0.2) is 11.6 Å². The van der Waals surface area contributed by atoms with E-state index in [-0.39, 0.29) is 5.92 Å². The van der Waals surface area contributed by atoms with Crippen molar-refractivity contribution in [3.05, 3.63) is 34.9 Å². The fourth-order valence-electron chi connectivity index (χ4n) is 2.17. The summed E-state index contributed by atoms with van der Waals surface area (Å²) >= 11 is 0. The van der Waals surface area contributed by atoms with E-state index in [1.807, 2.05) is 6.92 Å². The minimum absolute atomic E-state index is 0.0134. The van der Waals surface area contributed by atoms with Gasteiger partial charge in [-0.25, -0.2) is 8.78 Å². The molecule has 0 bridgehead atoms. The second-order valence-electron chi connectivity index (χ2n) is 5.09. The summed E-state index contributed by atoms with van der Waals surface area (Å²) in [5.41, 5.74) is 0.837. The summed E-state index contributed by atoms with van der Waals surface area (Å²) in [5, 5.41) is 3.36. The predicted octanol–water partition coefficient (Wildman–Crippen LogP) is 4.15. The van der Waals surface area contributed by atoms with Gasteiger partial charge in [0.1, 0.15) is 0 Å². The Hall–Kier alpha value is -0.960. The molecule has 0 radical (unpaired) electrons. The minimum atomic E-state index is -0.714. The molecule has 1 aromatic carbocycles. The third-order valence-corrected chi connectivity index (χ3v) is 3.29. The van der Waals surface area contributed by atoms with E-state index in [0.717, 1.165) is 19.4 Å². The van der Waals surface area contributed by atoms with Crippen LogP contribution in [0.15, 0.2) is 12.1 Å². The molecule has 0 amide bonds. The second-order valence-corrected chi connectivity index (χ2v) is 5.09. The zero-order valence-electron chi connectivity index (χ0n) is 11.7. The molecule has 18 heavy (non-hydrogen) atoms. The molecule has 0 aliphatic rings. The average molecular weight is 255 g/mol. The molecule has 0 aliphatic heterocycles. The lowest BCUT2D eigenvalue weighted by Crippen LogP contribution is -2.28. The largest absolute Gasteiger partial charge is 0.314 e. The quantitative estimate of drug-likeness (QED) is 0.805. The molecule has 0 saturated carbocycles. The van der Waals surface area contributed by atoms with Crippen molar-refractivity contribution in [2.24, 2.45) is 0 Å². The SMILES string of the molecule is CCCNC(C)CC(C)c1ccc(C)c(F)c1F. The van der Waals surface area contributed by atoms with Crippen molar-refractivity contribution in [3.8, 4) is 0 Å². The number of halogens is 2. The fraction of sp³-hybridized carbons (Fsp3) is 0.600. The van der Waals surface area contributed by atoms with Crippen LogP contribution in [0.1, 0.15) is 50.7 Å². The Morgan fingerprint density at radius 2 is 1.83 bits per heavy atom. The molecule has 102 valence electrons. The maximum Gasteiger partial charge on any atom is 0.162 e. The van der Waals surface area contributed by atoms with Crippen LogP contribution in [0.3, 0.4) is 0 Å². The van der Waals surface area contributed by atoms with Crippen LogP contribution >= 0.6 is 0 Å². The first-order chi connectivity index (χ1) is 8.47. The highest BCUT2D eigenvalue weighted by Crippen LogP contribution is 2.26. The maximum atomic E-state index is 13.8. The molecule has 0 heterocycles. The van der Waals surface area contributed by atoms with Gasteiger partial charge < -0.3 is 5.32 Å². The second kappa shape index (κ2) is 6.83. The van der Waals surface area contributed by atoms with E-state index in [9.17, 15) is 8.78 Å². The number of aryl methyl sites for hydroxylation is 1. The van der Waals surface area contributed by atoms with E-state index in [2.05, 4.69) is 19.2 Å². The van der Waals surface area contributed by atoms with Crippen LogP contribution < -0.4 is 5.32 Å². The fourth-order valence-corrected chi connectivity index (χ4v) is 2.17. The third kappa shape index (κ3) is 3.77. The molecule has 0 fully saturated rings. The highest BCUT2D eigenvalue weighted by Gasteiger charge is 2.17. The van der Waals surface area contributed by atoms with Crippen molar-refractivity contribution in [3.63, 3.8) is 0 Å². The highest BCUT2D eigenvalue weighted by molar-refractivity contribution is 5.27. The lowest BCUT2D eigenvalue weighted by Gasteiger charge is -2.19. The maximum absolute atomic E-state index is 13.8. The smallest absolute Gasteiger partial charge is 0.162 e. The molecule has 2 atom stereocenters. The molecule has 1 nitrogen and oxygen atoms in total. The van der Waals surface area contributed by atoms with E-state index in [4.69, 9.17) is 0 Å². The molecule has 2 unspecified atom stereocenters. The molecular weight excluding hydrogens is 232 g/mol. The Balaban J connectivity index is 2.72. The lowest BCUT2D eigenvalue weighted by atomic mass is 9.93. The molecule has 3 heteroatoms. The number of benzene rings is 1. The highest BCUT2D eigenvalue weighted by atomic mass is 19.2. The van der Waals surface area contributed by atoms with E-state index in [1.54, 1.807) is 19.1 Å². The first kappa shape index (κ1) is 15.1. The van der Waals surface area contributed by atoms with Gasteiger partial charge in [0, 0.05) is 6.04 Å². The van der Waals surface area contributed by atoms with Gasteiger partial charge in [-0.15, -0.1) is 0 Å². The Morgan fingerprint density at radius 1 is 1.17 bits per heavy atom. The number of rotatable bonds is 6. The van der Waals surface area contributed by atoms with Crippen LogP contribution in [0.25, 0.3) is 0 Å². The van der Waals surface area contributed by atoms with Gasteiger partial charge in [-0.2, -0.15) is 0 Å². The topological polar surface area (TPSA) is 12.0 Å². The van der Waals surface area contributed by atoms with Crippen molar-refractivity contribution in [2.45, 2.75) is 52.5 Å². The van der Waals surface area contributed by atoms with Gasteiger partial charge in [-0.05, 0) is 50.3 Å². The van der Waals surface area contributed by atoms with Gasteiger partial charge >= 0.3 is 0 Å². The monoisotopic (exact) mass is 255 g/mol. The van der Waals surface area contributed by atoms with Gasteiger partial charge in [-0.3, -0.25) is 0 Å². The standard InChI is InChI=1S/C15H23F2N/c1-5-8-18-12(4)9-11(3)13-7-6-10(2)14(16)15(13)17/h6-7,11-12,18H,5,8-9H2,1-4H3. The number of nitrogens with one attached hydrogen (secondary N) is 1. The van der Waals surface area contributed by atoms with E-state index in [0.29, 0.717) is 17.2 Å². The third-order valence-electron chi connectivity index (χ3n) is 3.29. The molecule has 0 aromatic heterocycles. The summed E-state index contributed by atoms with van der Waals surface area (Å²) in [6, 6.07) is 3.66. The lowest BCUT2D eigenvalue weighted by molar-refractivity contribution is 0.450. The molecule has 1 N–H and O–H groups in total. The Labute approximate surface area is 109 Å². The van der Waals surface area contributed by atoms with Crippen LogP contribution in [0.4, 0.5) is 8.78 Å². The predicted molar refractivity (Wildman–Crippen MR) is 71.9 cm³/mol. The molecule has 1 rings (SSSR count). The summed E-state index contributed by atoms with van der Waals surface area (Å²) in [4.78, 5) is 0. The van der Waals surface area contributed by atoms with Crippen LogP contribution in [-0.2, 0) is 0 Å². The van der Waals surface area contributed by atoms with Gasteiger partial charge in [0.25, 0.3) is 0 Å². The number of hydrogen-bond donors (Lipinski definition) is 1. The Bertz CT molecular complexity index is 390. The van der Waals surface area contributed by atoms with Crippen molar-refractivity contribution in [2.75, 3.05) is 6.54 Å². The average Bonchev–Trinajstić information content (AvgIpc) is 2.33. The van der Waals surface area contributed by atoms with Crippen LogP contribution in [0, 0.1) is 18.6 Å². The van der Waals surface area contributed by atoms with Crippen LogP contribution in [0.2, 0.25) is 0 Å². The zero-order valence-corrected chi connectivity index (χ0v) is 11.7. The van der Waals surface area contributed by atoms with Crippen LogP contribution in [-0.4, -0.2) is 12.6 Å². The van der Waals surface area contributed by atoms with Gasteiger partial charge in [0.2, 0.25) is 0 Å². The zero-order chi connectivity index (χ0) is 13.7. The molecule has 0 aliphatic carbocycles. The summed E-state index contributed by atoms with van der Waals surface area (Å²) in [6.45, 7) is 8.67. The van der Waals surface area contributed by atoms with Crippen molar-refractivity contribution in [1.82, 2.24) is 5.32 Å². The molecule has 0 spiro atoms. The summed E-state index contributed by atoms with van der Waals surface area (Å²) < 4.78 is 27.3. The summed E-state index contributed by atoms with van der Waals surface area (Å²) in [6.07, 6.45) is 1.88. The van der Waals surface area contributed by atoms with Gasteiger partial charge in [0.05, 0.1) is 0 Å².